The maximum Gasteiger partial charge on any atom is 0.255 e. The third kappa shape index (κ3) is 3.36. The molecule has 0 aromatic carbocycles. The Morgan fingerprint density at radius 2 is 2.26 bits per heavy atom. The van der Waals surface area contributed by atoms with E-state index in [1.165, 1.54) is 12.3 Å². The van der Waals surface area contributed by atoms with E-state index in [0.717, 1.165) is 6.42 Å². The van der Waals surface area contributed by atoms with Crippen LogP contribution >= 0.6 is 11.6 Å². The summed E-state index contributed by atoms with van der Waals surface area (Å²) in [5.41, 5.74) is 5.26. The van der Waals surface area contributed by atoms with Gasteiger partial charge in [0.25, 0.3) is 5.91 Å². The van der Waals surface area contributed by atoms with Gasteiger partial charge in [0.05, 0.1) is 16.2 Å². The van der Waals surface area contributed by atoms with Crippen LogP contribution in [0.1, 0.15) is 36.5 Å². The molecule has 1 saturated heterocycles. The van der Waals surface area contributed by atoms with Crippen molar-refractivity contribution in [1.29, 1.82) is 0 Å². The number of halogens is 1. The quantitative estimate of drug-likeness (QED) is 0.822. The number of carbonyl (C=O) groups is 1. The van der Waals surface area contributed by atoms with Crippen molar-refractivity contribution in [2.45, 2.75) is 31.8 Å². The Bertz CT molecular complexity index is 491. The molecular weight excluding hydrogens is 266 g/mol. The molecule has 104 valence electrons. The van der Waals surface area contributed by atoms with Crippen LogP contribution in [0.15, 0.2) is 12.3 Å². The second-order valence-electron chi connectivity index (χ2n) is 5.23. The van der Waals surface area contributed by atoms with Crippen LogP contribution in [0.25, 0.3) is 0 Å². The maximum absolute atomic E-state index is 12.4. The number of anilines is 1. The largest absolute Gasteiger partial charge is 0.390 e. The molecule has 2 heterocycles. The minimum atomic E-state index is -0.698. The van der Waals surface area contributed by atoms with Crippen LogP contribution in [0.3, 0.4) is 0 Å². The molecule has 0 saturated carbocycles. The summed E-state index contributed by atoms with van der Waals surface area (Å²) in [6, 6.07) is 1.49. The molecule has 6 heteroatoms. The summed E-state index contributed by atoms with van der Waals surface area (Å²) in [5.74, 6) is 0.117. The monoisotopic (exact) mass is 283 g/mol. The topological polar surface area (TPSA) is 79.5 Å². The summed E-state index contributed by atoms with van der Waals surface area (Å²) in [7, 11) is 0. The van der Waals surface area contributed by atoms with E-state index in [-0.39, 0.29) is 11.7 Å². The number of likely N-dealkylation sites (tertiary alicyclic amines) is 1. The SMILES string of the molecule is CC1(O)CCCN(C(=O)c2cc(N)ncc2Cl)CC1. The van der Waals surface area contributed by atoms with Crippen molar-refractivity contribution >= 4 is 23.3 Å². The van der Waals surface area contributed by atoms with Gasteiger partial charge >= 0.3 is 0 Å². The first-order valence-corrected chi connectivity index (χ1v) is 6.69. The van der Waals surface area contributed by atoms with Crippen molar-refractivity contribution in [3.8, 4) is 0 Å². The fourth-order valence-electron chi connectivity index (χ4n) is 2.26. The lowest BCUT2D eigenvalue weighted by atomic mass is 9.98. The molecule has 0 bridgehead atoms. The van der Waals surface area contributed by atoms with Gasteiger partial charge in [0, 0.05) is 19.3 Å². The van der Waals surface area contributed by atoms with Crippen molar-refractivity contribution in [3.63, 3.8) is 0 Å². The minimum absolute atomic E-state index is 0.156. The predicted octanol–water partition coefficient (Wildman–Crippen LogP) is 1.69. The third-order valence-corrected chi connectivity index (χ3v) is 3.76. The second-order valence-corrected chi connectivity index (χ2v) is 5.64. The highest BCUT2D eigenvalue weighted by molar-refractivity contribution is 6.33. The van der Waals surface area contributed by atoms with Crippen LogP contribution in [0.4, 0.5) is 5.82 Å². The number of rotatable bonds is 1. The van der Waals surface area contributed by atoms with Crippen LogP contribution in [-0.2, 0) is 0 Å². The van der Waals surface area contributed by atoms with E-state index in [2.05, 4.69) is 4.98 Å². The van der Waals surface area contributed by atoms with Crippen molar-refractivity contribution < 1.29 is 9.90 Å². The van der Waals surface area contributed by atoms with Crippen molar-refractivity contribution in [1.82, 2.24) is 9.88 Å². The smallest absolute Gasteiger partial charge is 0.255 e. The van der Waals surface area contributed by atoms with Gasteiger partial charge in [-0.15, -0.1) is 0 Å². The van der Waals surface area contributed by atoms with Gasteiger partial charge in [0.2, 0.25) is 0 Å². The average Bonchev–Trinajstić information content (AvgIpc) is 2.52. The van der Waals surface area contributed by atoms with Gasteiger partial charge in [-0.05, 0) is 32.3 Å². The molecule has 1 atom stereocenters. The Labute approximate surface area is 117 Å². The fraction of sp³-hybridized carbons (Fsp3) is 0.538. The molecular formula is C13H18ClN3O2. The predicted molar refractivity (Wildman–Crippen MR) is 74.0 cm³/mol. The minimum Gasteiger partial charge on any atom is -0.390 e. The first-order chi connectivity index (χ1) is 8.89. The van der Waals surface area contributed by atoms with Crippen molar-refractivity contribution in [2.75, 3.05) is 18.8 Å². The summed E-state index contributed by atoms with van der Waals surface area (Å²) in [5, 5.41) is 10.3. The van der Waals surface area contributed by atoms with Gasteiger partial charge < -0.3 is 15.7 Å². The van der Waals surface area contributed by atoms with E-state index in [4.69, 9.17) is 17.3 Å². The van der Waals surface area contributed by atoms with Gasteiger partial charge in [0.1, 0.15) is 5.82 Å². The van der Waals surface area contributed by atoms with Gasteiger partial charge in [-0.3, -0.25) is 4.79 Å². The number of nitrogens with two attached hydrogens (primary N) is 1. The number of aromatic nitrogens is 1. The van der Waals surface area contributed by atoms with Crippen LogP contribution in [-0.4, -0.2) is 39.6 Å². The molecule has 0 spiro atoms. The standard InChI is InChI=1S/C13H18ClN3O2/c1-13(19)3-2-5-17(6-4-13)12(18)9-7-11(15)16-8-10(9)14/h7-8,19H,2-6H2,1H3,(H2,15,16). The van der Waals surface area contributed by atoms with Gasteiger partial charge in [-0.25, -0.2) is 4.98 Å². The Morgan fingerprint density at radius 1 is 1.53 bits per heavy atom. The average molecular weight is 284 g/mol. The van der Waals surface area contributed by atoms with Crippen LogP contribution in [0, 0.1) is 0 Å². The summed E-state index contributed by atoms with van der Waals surface area (Å²) < 4.78 is 0. The molecule has 1 aliphatic heterocycles. The maximum atomic E-state index is 12.4. The van der Waals surface area contributed by atoms with Crippen LogP contribution in [0.5, 0.6) is 0 Å². The first-order valence-electron chi connectivity index (χ1n) is 6.32. The van der Waals surface area contributed by atoms with E-state index in [0.29, 0.717) is 36.5 Å². The Balaban J connectivity index is 2.17. The summed E-state index contributed by atoms with van der Waals surface area (Å²) >= 11 is 5.99. The van der Waals surface area contributed by atoms with Crippen molar-refractivity contribution in [2.24, 2.45) is 0 Å². The molecule has 3 N–H and O–H groups in total. The second kappa shape index (κ2) is 5.35. The van der Waals surface area contributed by atoms with E-state index >= 15 is 0 Å². The lowest BCUT2D eigenvalue weighted by molar-refractivity contribution is 0.0438. The van der Waals surface area contributed by atoms with E-state index in [1.807, 2.05) is 0 Å². The highest BCUT2D eigenvalue weighted by Gasteiger charge is 2.28. The number of nitrogens with zero attached hydrogens (tertiary/aromatic N) is 2. The number of nitrogen functional groups attached to an aromatic ring is 1. The molecule has 19 heavy (non-hydrogen) atoms. The highest BCUT2D eigenvalue weighted by Crippen LogP contribution is 2.24. The normalized spacial score (nSPS) is 24.1. The number of hydrogen-bond acceptors (Lipinski definition) is 4. The number of carbonyl (C=O) groups excluding carboxylic acids is 1. The number of amides is 1. The lowest BCUT2D eigenvalue weighted by Gasteiger charge is -2.23. The van der Waals surface area contributed by atoms with Gasteiger partial charge in [-0.1, -0.05) is 11.6 Å². The molecule has 0 radical (unpaired) electrons. The molecule has 1 aromatic heterocycles. The zero-order valence-electron chi connectivity index (χ0n) is 10.9. The Morgan fingerprint density at radius 3 is 3.00 bits per heavy atom. The highest BCUT2D eigenvalue weighted by atomic mass is 35.5. The fourth-order valence-corrected chi connectivity index (χ4v) is 2.44. The first kappa shape index (κ1) is 14.1. The van der Waals surface area contributed by atoms with Gasteiger partial charge in [-0.2, -0.15) is 0 Å². The zero-order chi connectivity index (χ0) is 14.0. The van der Waals surface area contributed by atoms with Crippen molar-refractivity contribution in [3.05, 3.63) is 22.8 Å². The van der Waals surface area contributed by atoms with Crippen LogP contribution < -0.4 is 5.73 Å². The molecule has 1 fully saturated rings. The van der Waals surface area contributed by atoms with Crippen LogP contribution in [0.2, 0.25) is 5.02 Å². The molecule has 1 unspecified atom stereocenters. The van der Waals surface area contributed by atoms with E-state index in [1.54, 1.807) is 11.8 Å². The number of hydrogen-bond donors (Lipinski definition) is 2. The molecule has 1 amide bonds. The third-order valence-electron chi connectivity index (χ3n) is 3.46. The lowest BCUT2D eigenvalue weighted by Crippen LogP contribution is -2.33. The Hall–Kier alpha value is -1.33. The molecule has 1 aliphatic rings. The summed E-state index contributed by atoms with van der Waals surface area (Å²) in [6.07, 6.45) is 3.43. The number of pyridine rings is 1. The number of aliphatic hydroxyl groups is 1. The molecule has 0 aliphatic carbocycles. The molecule has 5 nitrogen and oxygen atoms in total. The molecule has 1 aromatic rings. The Kier molecular flexibility index (Phi) is 3.96. The zero-order valence-corrected chi connectivity index (χ0v) is 11.7. The van der Waals surface area contributed by atoms with Gasteiger partial charge in [0.15, 0.2) is 0 Å². The summed E-state index contributed by atoms with van der Waals surface area (Å²) in [4.78, 5) is 18.0. The summed E-state index contributed by atoms with van der Waals surface area (Å²) in [6.45, 7) is 2.94. The van der Waals surface area contributed by atoms with E-state index in [9.17, 15) is 9.90 Å². The van der Waals surface area contributed by atoms with E-state index < -0.39 is 5.60 Å². The molecule has 2 rings (SSSR count).